The third-order valence-corrected chi connectivity index (χ3v) is 2.55. The minimum Gasteiger partial charge on any atom is -0.387 e. The van der Waals surface area contributed by atoms with E-state index in [-0.39, 0.29) is 6.61 Å². The molecule has 2 rings (SSSR count). The van der Waals surface area contributed by atoms with Crippen LogP contribution in [-0.2, 0) is 14.2 Å². The maximum absolute atomic E-state index is 13.2. The molecule has 0 aliphatic carbocycles. The molecule has 2 heterocycles. The highest BCUT2D eigenvalue weighted by Gasteiger charge is 2.56. The highest BCUT2D eigenvalue weighted by molar-refractivity contribution is 4.94. The Kier molecular flexibility index (Phi) is 2.70. The molecule has 88 valence electrons. The normalized spacial score (nSPS) is 56.2. The van der Waals surface area contributed by atoms with Gasteiger partial charge in [-0.15, -0.1) is 0 Å². The fourth-order valence-electron chi connectivity index (χ4n) is 1.75. The first-order valence-electron chi connectivity index (χ1n) is 4.64. The number of hydrogen-bond acceptors (Lipinski definition) is 6. The van der Waals surface area contributed by atoms with Gasteiger partial charge in [-0.05, 0) is 6.92 Å². The number of hydrogen-bond donors (Lipinski definition) is 3. The lowest BCUT2D eigenvalue weighted by molar-refractivity contribution is -0.429. The lowest BCUT2D eigenvalue weighted by Gasteiger charge is -2.46. The van der Waals surface area contributed by atoms with Crippen molar-refractivity contribution in [3.8, 4) is 0 Å². The van der Waals surface area contributed by atoms with Crippen molar-refractivity contribution in [3.63, 3.8) is 0 Å². The summed E-state index contributed by atoms with van der Waals surface area (Å²) in [5, 5.41) is 27.7. The Labute approximate surface area is 85.2 Å². The van der Waals surface area contributed by atoms with Crippen molar-refractivity contribution >= 4 is 0 Å². The van der Waals surface area contributed by atoms with E-state index >= 15 is 0 Å². The van der Waals surface area contributed by atoms with E-state index < -0.39 is 36.7 Å². The van der Waals surface area contributed by atoms with Gasteiger partial charge in [0.2, 0.25) is 0 Å². The van der Waals surface area contributed by atoms with Gasteiger partial charge in [0.05, 0.1) is 6.61 Å². The molecule has 0 saturated carbocycles. The highest BCUT2D eigenvalue weighted by atomic mass is 19.2. The second kappa shape index (κ2) is 3.62. The monoisotopic (exact) mass is 224 g/mol. The zero-order valence-electron chi connectivity index (χ0n) is 8.04. The summed E-state index contributed by atoms with van der Waals surface area (Å²) in [7, 11) is 0. The molecule has 0 aromatic heterocycles. The van der Waals surface area contributed by atoms with E-state index in [2.05, 4.69) is 4.74 Å². The Hall–Kier alpha value is -0.310. The summed E-state index contributed by atoms with van der Waals surface area (Å²) in [6.07, 6.45) is -6.01. The van der Waals surface area contributed by atoms with E-state index in [4.69, 9.17) is 14.6 Å². The lowest BCUT2D eigenvalue weighted by Crippen LogP contribution is -2.66. The van der Waals surface area contributed by atoms with Gasteiger partial charge in [0.1, 0.15) is 18.3 Å². The van der Waals surface area contributed by atoms with Crippen LogP contribution in [0.5, 0.6) is 0 Å². The zero-order chi connectivity index (χ0) is 11.2. The largest absolute Gasteiger partial charge is 0.387 e. The molecule has 0 aromatic carbocycles. The molecule has 2 aliphatic heterocycles. The fraction of sp³-hybridized carbons (Fsp3) is 1.00. The Balaban J connectivity index is 2.15. The van der Waals surface area contributed by atoms with E-state index in [1.807, 2.05) is 0 Å². The van der Waals surface area contributed by atoms with Crippen molar-refractivity contribution in [1.82, 2.24) is 0 Å². The molecule has 0 bridgehead atoms. The van der Waals surface area contributed by atoms with Crippen LogP contribution in [0.1, 0.15) is 6.92 Å². The summed E-state index contributed by atoms with van der Waals surface area (Å²) in [5.41, 5.74) is 0. The van der Waals surface area contributed by atoms with Gasteiger partial charge in [0.15, 0.2) is 12.4 Å². The van der Waals surface area contributed by atoms with Crippen LogP contribution in [0.2, 0.25) is 0 Å². The Bertz CT molecular complexity index is 245. The average molecular weight is 224 g/mol. The van der Waals surface area contributed by atoms with Crippen molar-refractivity contribution in [2.75, 3.05) is 6.61 Å². The van der Waals surface area contributed by atoms with Gasteiger partial charge in [-0.25, -0.2) is 0 Å². The molecule has 7 heteroatoms. The Morgan fingerprint density at radius 1 is 1.40 bits per heavy atom. The first kappa shape index (κ1) is 11.2. The summed E-state index contributed by atoms with van der Waals surface area (Å²) in [5.74, 6) is 0. The van der Waals surface area contributed by atoms with Gasteiger partial charge in [-0.3, -0.25) is 0 Å². The third kappa shape index (κ3) is 1.86. The summed E-state index contributed by atoms with van der Waals surface area (Å²) in [6, 6.07) is -3.27. The van der Waals surface area contributed by atoms with Crippen LogP contribution in [0, 0.1) is 0 Å². The van der Waals surface area contributed by atoms with E-state index in [1.165, 1.54) is 0 Å². The molecule has 0 amide bonds. The molecule has 15 heavy (non-hydrogen) atoms. The number of alkyl halides is 1. The van der Waals surface area contributed by atoms with Crippen molar-refractivity contribution in [2.24, 2.45) is 0 Å². The van der Waals surface area contributed by atoms with Gasteiger partial charge in [-0.1, -0.05) is 0 Å². The molecular formula is C8H13FO6. The second-order valence-electron chi connectivity index (χ2n) is 3.70. The van der Waals surface area contributed by atoms with Crippen molar-refractivity contribution in [3.05, 3.63) is 0 Å². The zero-order valence-corrected chi connectivity index (χ0v) is 8.04. The minimum absolute atomic E-state index is 0.0121. The lowest BCUT2D eigenvalue weighted by atomic mass is 9.97. The number of rotatable bonds is 0. The summed E-state index contributed by atoms with van der Waals surface area (Å²) in [4.78, 5) is 0. The van der Waals surface area contributed by atoms with E-state index in [0.717, 1.165) is 0 Å². The van der Waals surface area contributed by atoms with Gasteiger partial charge in [0.25, 0.3) is 0 Å². The predicted molar refractivity (Wildman–Crippen MR) is 43.2 cm³/mol. The molecule has 0 radical (unpaired) electrons. The van der Waals surface area contributed by atoms with Crippen LogP contribution < -0.4 is 0 Å². The number of ether oxygens (including phenoxy) is 3. The van der Waals surface area contributed by atoms with Gasteiger partial charge >= 0.3 is 6.04 Å². The molecule has 3 N–H and O–H groups in total. The average Bonchev–Trinajstić information content (AvgIpc) is 2.16. The predicted octanol–water partition coefficient (Wildman–Crippen LogP) is -1.52. The molecule has 2 fully saturated rings. The summed E-state index contributed by atoms with van der Waals surface area (Å²) in [6.45, 7) is 1.59. The molecule has 0 spiro atoms. The van der Waals surface area contributed by atoms with Crippen LogP contribution in [0.4, 0.5) is 4.39 Å². The maximum Gasteiger partial charge on any atom is 0.347 e. The van der Waals surface area contributed by atoms with Crippen LogP contribution in [0.3, 0.4) is 0 Å². The van der Waals surface area contributed by atoms with Crippen molar-refractivity contribution in [2.45, 2.75) is 43.7 Å². The van der Waals surface area contributed by atoms with Gasteiger partial charge < -0.3 is 29.5 Å². The first-order chi connectivity index (χ1) is 6.92. The second-order valence-corrected chi connectivity index (χ2v) is 3.70. The molecule has 2 saturated heterocycles. The molecule has 6 nitrogen and oxygen atoms in total. The van der Waals surface area contributed by atoms with Crippen molar-refractivity contribution < 1.29 is 33.9 Å². The summed E-state index contributed by atoms with van der Waals surface area (Å²) < 4.78 is 27.9. The molecular weight excluding hydrogens is 211 g/mol. The molecule has 0 aromatic rings. The van der Waals surface area contributed by atoms with Crippen LogP contribution in [0.25, 0.3) is 0 Å². The van der Waals surface area contributed by atoms with Crippen molar-refractivity contribution in [1.29, 1.82) is 0 Å². The first-order valence-corrected chi connectivity index (χ1v) is 4.64. The van der Waals surface area contributed by atoms with E-state index in [1.54, 1.807) is 6.92 Å². The number of fused-ring (bicyclic) bond motifs is 1. The molecule has 2 aliphatic rings. The molecule has 1 unspecified atom stereocenters. The number of aliphatic hydroxyl groups is 3. The maximum atomic E-state index is 13.2. The van der Waals surface area contributed by atoms with Crippen LogP contribution >= 0.6 is 0 Å². The number of halogens is 1. The van der Waals surface area contributed by atoms with Crippen LogP contribution in [-0.4, -0.2) is 58.7 Å². The third-order valence-electron chi connectivity index (χ3n) is 2.55. The topological polar surface area (TPSA) is 88.4 Å². The fourth-order valence-corrected chi connectivity index (χ4v) is 1.75. The number of aliphatic hydroxyl groups excluding tert-OH is 2. The highest BCUT2D eigenvalue weighted by Crippen LogP contribution is 2.33. The minimum atomic E-state index is -3.27. The van der Waals surface area contributed by atoms with Gasteiger partial charge in [0, 0.05) is 0 Å². The Morgan fingerprint density at radius 3 is 2.73 bits per heavy atom. The van der Waals surface area contributed by atoms with E-state index in [9.17, 15) is 14.6 Å². The molecule has 6 atom stereocenters. The standard InChI is InChI=1S/C8H13FO6/c1-3-13-2-4-6(14-3)5(10)7(11)8(9,12)15-4/h3-7,10-12H,2H2,1H3/t3?,4-,5+,6+,7-,8-/m1/s1. The smallest absolute Gasteiger partial charge is 0.347 e. The SMILES string of the molecule is CC1OC[C@H]2O[C@@](O)(F)[C@H](O)[C@@H](O)[C@H]2O1. The quantitative estimate of drug-likeness (QED) is 0.463. The Morgan fingerprint density at radius 2 is 2.07 bits per heavy atom. The summed E-state index contributed by atoms with van der Waals surface area (Å²) >= 11 is 0. The van der Waals surface area contributed by atoms with Crippen LogP contribution in [0.15, 0.2) is 0 Å². The van der Waals surface area contributed by atoms with Gasteiger partial charge in [-0.2, -0.15) is 4.39 Å². The van der Waals surface area contributed by atoms with E-state index in [0.29, 0.717) is 0 Å².